The summed E-state index contributed by atoms with van der Waals surface area (Å²) in [5.41, 5.74) is 4.95. The van der Waals surface area contributed by atoms with Crippen LogP contribution in [0.3, 0.4) is 0 Å². The van der Waals surface area contributed by atoms with Crippen LogP contribution >= 0.6 is 0 Å². The lowest BCUT2D eigenvalue weighted by atomic mass is 9.71. The average Bonchev–Trinajstić information content (AvgIpc) is 3.61. The third-order valence-electron chi connectivity index (χ3n) is 9.31. The lowest BCUT2D eigenvalue weighted by Crippen LogP contribution is -2.39. The number of rotatable bonds is 10. The van der Waals surface area contributed by atoms with Crippen molar-refractivity contribution in [2.75, 3.05) is 0 Å². The normalized spacial score (nSPS) is 19.7. The molecule has 0 amide bonds. The third kappa shape index (κ3) is 6.42. The molecule has 2 unspecified atom stereocenters. The van der Waals surface area contributed by atoms with Crippen LogP contribution in [0, 0.1) is 23.7 Å². The molecule has 224 valence electrons. The van der Waals surface area contributed by atoms with E-state index in [0.717, 1.165) is 47.3 Å². The molecule has 0 bridgehead atoms. The van der Waals surface area contributed by atoms with E-state index >= 15 is 0 Å². The Morgan fingerprint density at radius 3 is 2.26 bits per heavy atom. The number of aromatic amines is 1. The minimum Gasteiger partial charge on any atom is -0.295 e. The number of H-pyrrole nitrogens is 1. The van der Waals surface area contributed by atoms with E-state index in [2.05, 4.69) is 72.1 Å². The van der Waals surface area contributed by atoms with Crippen LogP contribution in [0.15, 0.2) is 53.6 Å². The first-order valence-corrected chi connectivity index (χ1v) is 16.0. The van der Waals surface area contributed by atoms with Gasteiger partial charge in [-0.3, -0.25) is 14.1 Å². The Balaban J connectivity index is 1.50. The van der Waals surface area contributed by atoms with Crippen LogP contribution in [0.5, 0.6) is 0 Å². The highest BCUT2D eigenvalue weighted by Gasteiger charge is 2.37. The summed E-state index contributed by atoms with van der Waals surface area (Å²) < 4.78 is 4.18. The fraction of sp³-hybridized carbons (Fsp3) is 0.559. The van der Waals surface area contributed by atoms with Crippen LogP contribution in [0.4, 0.5) is 0 Å². The van der Waals surface area contributed by atoms with E-state index in [-0.39, 0.29) is 11.7 Å². The highest BCUT2D eigenvalue weighted by Crippen LogP contribution is 2.42. The monoisotopic (exact) mass is 569 g/mol. The van der Waals surface area contributed by atoms with Gasteiger partial charge in [-0.1, -0.05) is 90.6 Å². The Morgan fingerprint density at radius 2 is 1.67 bits per heavy atom. The van der Waals surface area contributed by atoms with Gasteiger partial charge in [0.15, 0.2) is 0 Å². The minimum absolute atomic E-state index is 0.134. The molecule has 1 aliphatic rings. The molecule has 1 aromatic carbocycles. The molecule has 1 aliphatic carbocycles. The summed E-state index contributed by atoms with van der Waals surface area (Å²) in [5.74, 6) is 2.63. The molecule has 8 heteroatoms. The summed E-state index contributed by atoms with van der Waals surface area (Å²) in [4.78, 5) is 19.2. The first kappa shape index (κ1) is 29.9. The van der Waals surface area contributed by atoms with Gasteiger partial charge >= 0.3 is 5.69 Å². The number of hydrogen-bond acceptors (Lipinski definition) is 5. The average molecular weight is 570 g/mol. The number of tetrazole rings is 1. The number of nitrogens with zero attached hydrogens (tertiary/aromatic N) is 6. The maximum absolute atomic E-state index is 14.3. The molecule has 0 spiro atoms. The van der Waals surface area contributed by atoms with Crippen molar-refractivity contribution in [2.24, 2.45) is 23.7 Å². The van der Waals surface area contributed by atoms with E-state index in [9.17, 15) is 4.79 Å². The minimum atomic E-state index is 0.134. The summed E-state index contributed by atoms with van der Waals surface area (Å²) in [6.45, 7) is 12.1. The topological polar surface area (TPSA) is 94.3 Å². The lowest BCUT2D eigenvalue weighted by Gasteiger charge is -2.40. The molecule has 1 N–H and O–H groups in total. The van der Waals surface area contributed by atoms with Gasteiger partial charge in [0.2, 0.25) is 5.82 Å². The van der Waals surface area contributed by atoms with Crippen molar-refractivity contribution in [1.29, 1.82) is 0 Å². The van der Waals surface area contributed by atoms with Crippen LogP contribution in [0.2, 0.25) is 0 Å². The second kappa shape index (κ2) is 13.6. The Kier molecular flexibility index (Phi) is 9.70. The quantitative estimate of drug-likeness (QED) is 0.216. The Labute approximate surface area is 250 Å². The number of imidazole rings is 1. The van der Waals surface area contributed by atoms with Crippen molar-refractivity contribution >= 4 is 0 Å². The van der Waals surface area contributed by atoms with Crippen molar-refractivity contribution in [1.82, 2.24) is 34.7 Å². The molecule has 0 radical (unpaired) electrons. The summed E-state index contributed by atoms with van der Waals surface area (Å²) in [6.07, 6.45) is 13.4. The van der Waals surface area contributed by atoms with Crippen molar-refractivity contribution in [3.63, 3.8) is 0 Å². The van der Waals surface area contributed by atoms with Gasteiger partial charge in [-0.25, -0.2) is 4.79 Å². The molecular weight excluding hydrogens is 522 g/mol. The molecule has 3 aromatic heterocycles. The van der Waals surface area contributed by atoms with Crippen molar-refractivity contribution < 1.29 is 0 Å². The number of nitrogens with one attached hydrogen (secondary N) is 1. The van der Waals surface area contributed by atoms with Gasteiger partial charge in [0.25, 0.3) is 0 Å². The highest BCUT2D eigenvalue weighted by molar-refractivity contribution is 5.78. The Hall–Kier alpha value is -3.55. The zero-order chi connectivity index (χ0) is 29.6. The van der Waals surface area contributed by atoms with Crippen LogP contribution in [0.25, 0.3) is 22.6 Å². The van der Waals surface area contributed by atoms with Crippen molar-refractivity contribution in [2.45, 2.75) is 98.6 Å². The summed E-state index contributed by atoms with van der Waals surface area (Å²) in [6, 6.07) is 12.3. The molecule has 3 heterocycles. The maximum Gasteiger partial charge on any atom is 0.328 e. The largest absolute Gasteiger partial charge is 0.328 e. The molecular formula is C34H47N7O. The van der Waals surface area contributed by atoms with E-state index < -0.39 is 0 Å². The van der Waals surface area contributed by atoms with Crippen LogP contribution in [0.1, 0.15) is 96.9 Å². The number of benzene rings is 1. The second-order valence-electron chi connectivity index (χ2n) is 12.8. The summed E-state index contributed by atoms with van der Waals surface area (Å²) in [7, 11) is 0. The van der Waals surface area contributed by atoms with E-state index in [1.807, 2.05) is 41.1 Å². The van der Waals surface area contributed by atoms with E-state index in [0.29, 0.717) is 36.0 Å². The molecule has 1 saturated carbocycles. The standard InChI is InChI=1S/C34H47N7O/c1-6-7-13-26-22-41(32-27(23(2)3)14-9-8-10-15-28(32)24(4)5)34(42)40(26)21-25-18-19-31(35-20-25)29-16-11-12-17-30(29)33-36-38-39-37-33/h11-12,16-20,22-24,27-28,32H,6-10,13-15,21H2,1-5H3,(H,36,37,38,39). The van der Waals surface area contributed by atoms with Gasteiger partial charge in [-0.2, -0.15) is 5.21 Å². The van der Waals surface area contributed by atoms with Crippen LogP contribution < -0.4 is 5.69 Å². The zero-order valence-corrected chi connectivity index (χ0v) is 26.0. The van der Waals surface area contributed by atoms with E-state index in [1.165, 1.54) is 32.1 Å². The van der Waals surface area contributed by atoms with E-state index in [4.69, 9.17) is 4.98 Å². The molecule has 5 rings (SSSR count). The third-order valence-corrected chi connectivity index (χ3v) is 9.31. The van der Waals surface area contributed by atoms with Gasteiger partial charge in [0, 0.05) is 35.3 Å². The predicted octanol–water partition coefficient (Wildman–Crippen LogP) is 7.33. The SMILES string of the molecule is CCCCc1cn(C2C(C(C)C)CCCCCC2C(C)C)c(=O)n1Cc1ccc(-c2ccccc2-c2nn[nH]n2)nc1. The van der Waals surface area contributed by atoms with Gasteiger partial charge in [-0.05, 0) is 66.2 Å². The molecule has 8 nitrogen and oxygen atoms in total. The first-order valence-electron chi connectivity index (χ1n) is 16.0. The zero-order valence-electron chi connectivity index (χ0n) is 26.0. The smallest absolute Gasteiger partial charge is 0.295 e. The Morgan fingerprint density at radius 1 is 0.952 bits per heavy atom. The maximum atomic E-state index is 14.3. The number of aromatic nitrogens is 7. The molecule has 0 saturated heterocycles. The van der Waals surface area contributed by atoms with Gasteiger partial charge in [0.1, 0.15) is 0 Å². The fourth-order valence-electron chi connectivity index (χ4n) is 6.99. The van der Waals surface area contributed by atoms with Gasteiger partial charge in [0.05, 0.1) is 12.2 Å². The number of unbranched alkanes of at least 4 members (excludes halogenated alkanes) is 1. The van der Waals surface area contributed by atoms with Gasteiger partial charge in [-0.15, -0.1) is 10.2 Å². The summed E-state index contributed by atoms with van der Waals surface area (Å²) >= 11 is 0. The number of pyridine rings is 1. The van der Waals surface area contributed by atoms with E-state index in [1.54, 1.807) is 0 Å². The van der Waals surface area contributed by atoms with Crippen LogP contribution in [-0.2, 0) is 13.0 Å². The van der Waals surface area contributed by atoms with Crippen molar-refractivity contribution in [3.8, 4) is 22.6 Å². The van der Waals surface area contributed by atoms with Gasteiger partial charge < -0.3 is 0 Å². The lowest BCUT2D eigenvalue weighted by molar-refractivity contribution is 0.111. The first-order chi connectivity index (χ1) is 20.4. The molecule has 0 aliphatic heterocycles. The predicted molar refractivity (Wildman–Crippen MR) is 168 cm³/mol. The molecule has 1 fully saturated rings. The van der Waals surface area contributed by atoms with Crippen LogP contribution in [-0.4, -0.2) is 34.7 Å². The number of hydrogen-bond donors (Lipinski definition) is 1. The highest BCUT2D eigenvalue weighted by atomic mass is 16.1. The van der Waals surface area contributed by atoms with Crippen molar-refractivity contribution in [3.05, 3.63) is 70.5 Å². The summed E-state index contributed by atoms with van der Waals surface area (Å²) in [5, 5.41) is 14.6. The Bertz CT molecular complexity index is 1450. The number of aryl methyl sites for hydroxylation is 1. The second-order valence-corrected chi connectivity index (χ2v) is 12.8. The molecule has 4 aromatic rings. The molecule has 2 atom stereocenters. The fourth-order valence-corrected chi connectivity index (χ4v) is 6.99. The molecule has 42 heavy (non-hydrogen) atoms.